The largest absolute Gasteiger partial charge is 0.488 e. The third kappa shape index (κ3) is 3.92. The van der Waals surface area contributed by atoms with Crippen LogP contribution in [0.4, 0.5) is 11.5 Å². The average molecular weight is 287 g/mol. The molecule has 6 heteroatoms. The van der Waals surface area contributed by atoms with Crippen molar-refractivity contribution in [2.45, 2.75) is 20.5 Å². The summed E-state index contributed by atoms with van der Waals surface area (Å²) in [5, 5.41) is 13.9. The highest BCUT2D eigenvalue weighted by molar-refractivity contribution is 5.44. The van der Waals surface area contributed by atoms with Gasteiger partial charge in [0.25, 0.3) is 5.69 Å². The predicted octanol–water partition coefficient (Wildman–Crippen LogP) is 3.31. The molecule has 2 rings (SSSR count). The molecule has 1 heterocycles. The summed E-state index contributed by atoms with van der Waals surface area (Å²) in [6, 6.07) is 8.35. The fourth-order valence-corrected chi connectivity index (χ4v) is 1.86. The van der Waals surface area contributed by atoms with E-state index in [2.05, 4.69) is 10.3 Å². The second kappa shape index (κ2) is 6.69. The molecule has 0 amide bonds. The molecule has 0 radical (unpaired) electrons. The van der Waals surface area contributed by atoms with Gasteiger partial charge in [0.15, 0.2) is 0 Å². The summed E-state index contributed by atoms with van der Waals surface area (Å²) in [6.45, 7) is 4.98. The van der Waals surface area contributed by atoms with Crippen LogP contribution in [-0.4, -0.2) is 16.5 Å². The number of nitro groups is 1. The number of anilines is 1. The molecule has 1 aromatic heterocycles. The van der Waals surface area contributed by atoms with Crippen molar-refractivity contribution in [1.29, 1.82) is 0 Å². The summed E-state index contributed by atoms with van der Waals surface area (Å²) in [4.78, 5) is 14.5. The number of non-ortho nitro benzene ring substituents is 1. The van der Waals surface area contributed by atoms with Gasteiger partial charge in [-0.1, -0.05) is 0 Å². The monoisotopic (exact) mass is 287 g/mol. The fourth-order valence-electron chi connectivity index (χ4n) is 1.86. The van der Waals surface area contributed by atoms with Gasteiger partial charge in [0.1, 0.15) is 18.2 Å². The minimum Gasteiger partial charge on any atom is -0.488 e. The number of aryl methyl sites for hydroxylation is 1. The van der Waals surface area contributed by atoms with Crippen LogP contribution in [0.2, 0.25) is 0 Å². The summed E-state index contributed by atoms with van der Waals surface area (Å²) in [5.41, 5.74) is 1.84. The number of hydrogen-bond donors (Lipinski definition) is 1. The molecule has 21 heavy (non-hydrogen) atoms. The Hall–Kier alpha value is -2.63. The van der Waals surface area contributed by atoms with Crippen LogP contribution in [0.5, 0.6) is 5.75 Å². The van der Waals surface area contributed by atoms with Crippen molar-refractivity contribution in [3.8, 4) is 5.75 Å². The first-order chi connectivity index (χ1) is 10.1. The first kappa shape index (κ1) is 14.8. The van der Waals surface area contributed by atoms with Gasteiger partial charge in [0, 0.05) is 18.8 Å². The van der Waals surface area contributed by atoms with Crippen molar-refractivity contribution < 1.29 is 9.66 Å². The second-order valence-electron chi connectivity index (χ2n) is 4.58. The maximum atomic E-state index is 10.8. The Morgan fingerprint density at radius 2 is 2.14 bits per heavy atom. The number of nitro benzene ring substituents is 1. The maximum Gasteiger partial charge on any atom is 0.273 e. The number of nitrogens with one attached hydrogen (secondary N) is 1. The van der Waals surface area contributed by atoms with Crippen molar-refractivity contribution in [1.82, 2.24) is 4.98 Å². The molecule has 2 aromatic rings. The Balaban J connectivity index is 2.10. The first-order valence-corrected chi connectivity index (χ1v) is 6.66. The van der Waals surface area contributed by atoms with Crippen LogP contribution < -0.4 is 10.1 Å². The summed E-state index contributed by atoms with van der Waals surface area (Å²) in [5.74, 6) is 1.31. The Labute approximate surface area is 122 Å². The van der Waals surface area contributed by atoms with Crippen LogP contribution in [0.25, 0.3) is 0 Å². The van der Waals surface area contributed by atoms with E-state index in [-0.39, 0.29) is 5.69 Å². The first-order valence-electron chi connectivity index (χ1n) is 6.66. The van der Waals surface area contributed by atoms with Gasteiger partial charge >= 0.3 is 0 Å². The van der Waals surface area contributed by atoms with Gasteiger partial charge in [-0.25, -0.2) is 4.98 Å². The van der Waals surface area contributed by atoms with Gasteiger partial charge < -0.3 is 10.1 Å². The van der Waals surface area contributed by atoms with Crippen LogP contribution in [0.3, 0.4) is 0 Å². The molecule has 0 saturated carbocycles. The van der Waals surface area contributed by atoms with E-state index in [1.807, 2.05) is 26.0 Å². The molecule has 0 spiro atoms. The van der Waals surface area contributed by atoms with Gasteiger partial charge in [0.05, 0.1) is 11.0 Å². The molecule has 1 aromatic carbocycles. The topological polar surface area (TPSA) is 77.3 Å². The van der Waals surface area contributed by atoms with E-state index < -0.39 is 4.92 Å². The number of pyridine rings is 1. The lowest BCUT2D eigenvalue weighted by Crippen LogP contribution is -2.02. The minimum atomic E-state index is -0.429. The van der Waals surface area contributed by atoms with Gasteiger partial charge in [0.2, 0.25) is 0 Å². The van der Waals surface area contributed by atoms with Crippen LogP contribution >= 0.6 is 0 Å². The van der Waals surface area contributed by atoms with E-state index in [4.69, 9.17) is 4.74 Å². The molecular weight excluding hydrogens is 270 g/mol. The Kier molecular flexibility index (Phi) is 4.71. The number of benzene rings is 1. The molecule has 0 saturated heterocycles. The van der Waals surface area contributed by atoms with Crippen molar-refractivity contribution in [3.05, 3.63) is 57.8 Å². The highest BCUT2D eigenvalue weighted by Gasteiger charge is 2.09. The SMILES string of the molecule is CCNc1cc(COc2cc([N+](=O)[O-])ccc2C)ccn1. The standard InChI is InChI=1S/C15H17N3O3/c1-3-16-15-8-12(6-7-17-15)10-21-14-9-13(18(19)20)5-4-11(14)2/h4-9H,3,10H2,1-2H3,(H,16,17). The van der Waals surface area contributed by atoms with Crippen LogP contribution in [0, 0.1) is 17.0 Å². The van der Waals surface area contributed by atoms with E-state index >= 15 is 0 Å². The van der Waals surface area contributed by atoms with Crippen molar-refractivity contribution in [3.63, 3.8) is 0 Å². The molecule has 110 valence electrons. The molecule has 1 N–H and O–H groups in total. The highest BCUT2D eigenvalue weighted by atomic mass is 16.6. The molecule has 0 fully saturated rings. The van der Waals surface area contributed by atoms with E-state index in [9.17, 15) is 10.1 Å². The predicted molar refractivity (Wildman–Crippen MR) is 80.6 cm³/mol. The Morgan fingerprint density at radius 3 is 2.86 bits per heavy atom. The Morgan fingerprint density at radius 1 is 1.33 bits per heavy atom. The molecular formula is C15H17N3O3. The van der Waals surface area contributed by atoms with Crippen molar-refractivity contribution >= 4 is 11.5 Å². The van der Waals surface area contributed by atoms with Crippen molar-refractivity contribution in [2.24, 2.45) is 0 Å². The summed E-state index contributed by atoms with van der Waals surface area (Å²) >= 11 is 0. The zero-order valence-corrected chi connectivity index (χ0v) is 12.0. The molecule has 6 nitrogen and oxygen atoms in total. The molecule has 0 bridgehead atoms. The molecule has 0 unspecified atom stereocenters. The lowest BCUT2D eigenvalue weighted by atomic mass is 10.2. The highest BCUT2D eigenvalue weighted by Crippen LogP contribution is 2.25. The number of ether oxygens (including phenoxy) is 1. The fraction of sp³-hybridized carbons (Fsp3) is 0.267. The zero-order chi connectivity index (χ0) is 15.2. The smallest absolute Gasteiger partial charge is 0.273 e. The lowest BCUT2D eigenvalue weighted by Gasteiger charge is -2.10. The average Bonchev–Trinajstić information content (AvgIpc) is 2.47. The lowest BCUT2D eigenvalue weighted by molar-refractivity contribution is -0.385. The van der Waals surface area contributed by atoms with Crippen LogP contribution in [0.1, 0.15) is 18.1 Å². The minimum absolute atomic E-state index is 0.0265. The second-order valence-corrected chi connectivity index (χ2v) is 4.58. The zero-order valence-electron chi connectivity index (χ0n) is 12.0. The van der Waals surface area contributed by atoms with E-state index in [1.54, 1.807) is 12.3 Å². The summed E-state index contributed by atoms with van der Waals surface area (Å²) in [6.07, 6.45) is 1.71. The quantitative estimate of drug-likeness (QED) is 0.651. The third-order valence-corrected chi connectivity index (χ3v) is 2.96. The normalized spacial score (nSPS) is 10.2. The van der Waals surface area contributed by atoms with E-state index in [0.29, 0.717) is 12.4 Å². The van der Waals surface area contributed by atoms with E-state index in [0.717, 1.165) is 23.5 Å². The Bertz CT molecular complexity index is 644. The number of hydrogen-bond acceptors (Lipinski definition) is 5. The van der Waals surface area contributed by atoms with Crippen LogP contribution in [-0.2, 0) is 6.61 Å². The van der Waals surface area contributed by atoms with E-state index in [1.165, 1.54) is 12.1 Å². The van der Waals surface area contributed by atoms with Gasteiger partial charge in [-0.05, 0) is 43.2 Å². The number of nitrogens with zero attached hydrogens (tertiary/aromatic N) is 2. The van der Waals surface area contributed by atoms with Gasteiger partial charge in [-0.3, -0.25) is 10.1 Å². The van der Waals surface area contributed by atoms with Gasteiger partial charge in [-0.15, -0.1) is 0 Å². The number of aromatic nitrogens is 1. The maximum absolute atomic E-state index is 10.8. The number of rotatable bonds is 6. The summed E-state index contributed by atoms with van der Waals surface area (Å²) < 4.78 is 5.69. The summed E-state index contributed by atoms with van der Waals surface area (Å²) in [7, 11) is 0. The van der Waals surface area contributed by atoms with Crippen LogP contribution in [0.15, 0.2) is 36.5 Å². The third-order valence-electron chi connectivity index (χ3n) is 2.96. The molecule has 0 atom stereocenters. The molecule has 0 aliphatic carbocycles. The van der Waals surface area contributed by atoms with Crippen molar-refractivity contribution in [2.75, 3.05) is 11.9 Å². The van der Waals surface area contributed by atoms with Gasteiger partial charge in [-0.2, -0.15) is 0 Å². The molecule has 0 aliphatic heterocycles. The molecule has 0 aliphatic rings.